The van der Waals surface area contributed by atoms with E-state index >= 15 is 0 Å². The molecule has 2 aromatic rings. The van der Waals surface area contributed by atoms with E-state index in [2.05, 4.69) is 75.0 Å². The lowest BCUT2D eigenvalue weighted by atomic mass is 10.0. The quantitative estimate of drug-likeness (QED) is 0.605. The fourth-order valence-electron chi connectivity index (χ4n) is 3.06. The second-order valence-corrected chi connectivity index (χ2v) is 8.76. The normalized spacial score (nSPS) is 20.7. The van der Waals surface area contributed by atoms with Crippen LogP contribution in [-0.4, -0.2) is 5.25 Å². The average Bonchev–Trinajstić information content (AvgIpc) is 2.51. The molecule has 2 aromatic carbocycles. The minimum Gasteiger partial charge on any atom is -0.122 e. The molecule has 0 unspecified atom stereocenters. The van der Waals surface area contributed by atoms with Gasteiger partial charge in [0.2, 0.25) is 0 Å². The van der Waals surface area contributed by atoms with Crippen molar-refractivity contribution in [2.45, 2.75) is 60.3 Å². The fraction of sp³-hybridized carbons (Fsp3) is 0.400. The molecule has 0 saturated heterocycles. The molecular formula is C20H24S2. The molecule has 2 atom stereocenters. The van der Waals surface area contributed by atoms with Gasteiger partial charge in [-0.3, -0.25) is 0 Å². The van der Waals surface area contributed by atoms with E-state index in [1.807, 2.05) is 11.8 Å². The Morgan fingerprint density at radius 3 is 2.59 bits per heavy atom. The predicted octanol–water partition coefficient (Wildman–Crippen LogP) is 6.80. The lowest BCUT2D eigenvalue weighted by molar-refractivity contribution is 0.659. The molecule has 0 radical (unpaired) electrons. The van der Waals surface area contributed by atoms with Crippen LogP contribution >= 0.6 is 23.5 Å². The molecule has 0 fully saturated rings. The van der Waals surface area contributed by atoms with Gasteiger partial charge in [-0.1, -0.05) is 49.2 Å². The third-order valence-electron chi connectivity index (χ3n) is 4.26. The van der Waals surface area contributed by atoms with Crippen LogP contribution in [0.15, 0.2) is 52.3 Å². The molecule has 22 heavy (non-hydrogen) atoms. The second kappa shape index (κ2) is 7.14. The van der Waals surface area contributed by atoms with Crippen LogP contribution in [0.4, 0.5) is 0 Å². The molecule has 0 N–H and O–H groups in total. The van der Waals surface area contributed by atoms with Gasteiger partial charge in [0.25, 0.3) is 0 Å². The molecule has 0 bridgehead atoms. The first kappa shape index (κ1) is 16.0. The summed E-state index contributed by atoms with van der Waals surface area (Å²) in [5, 5.41) is 1.36. The Hall–Kier alpha value is -0.860. The van der Waals surface area contributed by atoms with Gasteiger partial charge >= 0.3 is 0 Å². The summed E-state index contributed by atoms with van der Waals surface area (Å²) >= 11 is 4.15. The van der Waals surface area contributed by atoms with E-state index in [1.165, 1.54) is 40.2 Å². The predicted molar refractivity (Wildman–Crippen MR) is 100 cm³/mol. The van der Waals surface area contributed by atoms with E-state index in [-0.39, 0.29) is 0 Å². The van der Waals surface area contributed by atoms with Gasteiger partial charge in [0.15, 0.2) is 0 Å². The summed E-state index contributed by atoms with van der Waals surface area (Å²) in [6, 6.07) is 15.8. The van der Waals surface area contributed by atoms with Crippen LogP contribution in [0.1, 0.15) is 48.1 Å². The van der Waals surface area contributed by atoms with Crippen LogP contribution in [0.2, 0.25) is 0 Å². The number of rotatable bonds is 4. The first-order chi connectivity index (χ1) is 10.7. The van der Waals surface area contributed by atoms with Crippen LogP contribution in [0.3, 0.4) is 0 Å². The van der Waals surface area contributed by atoms with Crippen LogP contribution < -0.4 is 0 Å². The zero-order valence-corrected chi connectivity index (χ0v) is 15.3. The molecule has 0 saturated carbocycles. The summed E-state index contributed by atoms with van der Waals surface area (Å²) in [5.74, 6) is 0. The maximum Gasteiger partial charge on any atom is 0.0366 e. The van der Waals surface area contributed by atoms with E-state index in [4.69, 9.17) is 0 Å². The highest BCUT2D eigenvalue weighted by Gasteiger charge is 2.28. The first-order valence-corrected chi connectivity index (χ1v) is 9.92. The van der Waals surface area contributed by atoms with Gasteiger partial charge in [-0.2, -0.15) is 0 Å². The Morgan fingerprint density at radius 1 is 1.09 bits per heavy atom. The molecule has 0 aliphatic carbocycles. The topological polar surface area (TPSA) is 0 Å². The highest BCUT2D eigenvalue weighted by Crippen LogP contribution is 2.51. The van der Waals surface area contributed by atoms with Gasteiger partial charge in [0.05, 0.1) is 0 Å². The molecule has 116 valence electrons. The van der Waals surface area contributed by atoms with Crippen molar-refractivity contribution in [2.75, 3.05) is 0 Å². The van der Waals surface area contributed by atoms with Gasteiger partial charge in [0.1, 0.15) is 0 Å². The summed E-state index contributed by atoms with van der Waals surface area (Å²) in [4.78, 5) is 2.93. The Morgan fingerprint density at radius 2 is 1.86 bits per heavy atom. The Bertz CT molecular complexity index is 631. The molecule has 0 amide bonds. The number of thioether (sulfide) groups is 2. The third kappa shape index (κ3) is 3.55. The molecule has 1 aliphatic heterocycles. The van der Waals surface area contributed by atoms with Crippen LogP contribution in [0.25, 0.3) is 0 Å². The standard InChI is InChI=1S/C20H24S2/c1-4-6-17-13-19(21-16-11-9-14(2)10-12-16)18-8-5-7-15(3)20(18)22-17/h5,7-12,17,19H,4,6,13H2,1-3H3/t17-,19-/m1/s1. The summed E-state index contributed by atoms with van der Waals surface area (Å²) in [6.07, 6.45) is 3.89. The summed E-state index contributed by atoms with van der Waals surface area (Å²) in [5.41, 5.74) is 4.32. The molecule has 1 heterocycles. The molecule has 3 rings (SSSR count). The van der Waals surface area contributed by atoms with Crippen molar-refractivity contribution in [2.24, 2.45) is 0 Å². The van der Waals surface area contributed by atoms with Crippen molar-refractivity contribution in [1.29, 1.82) is 0 Å². The zero-order valence-electron chi connectivity index (χ0n) is 13.6. The third-order valence-corrected chi connectivity index (χ3v) is 7.09. The maximum absolute atomic E-state index is 2.34. The molecule has 0 nitrogen and oxygen atoms in total. The van der Waals surface area contributed by atoms with Crippen molar-refractivity contribution in [3.63, 3.8) is 0 Å². The number of benzene rings is 2. The van der Waals surface area contributed by atoms with Crippen molar-refractivity contribution in [1.82, 2.24) is 0 Å². The molecular weight excluding hydrogens is 304 g/mol. The first-order valence-electron chi connectivity index (χ1n) is 8.17. The van der Waals surface area contributed by atoms with E-state index in [0.29, 0.717) is 5.25 Å². The maximum atomic E-state index is 2.34. The van der Waals surface area contributed by atoms with Gasteiger partial charge in [-0.15, -0.1) is 23.5 Å². The highest BCUT2D eigenvalue weighted by molar-refractivity contribution is 8.01. The minimum absolute atomic E-state index is 0.593. The Balaban J connectivity index is 1.89. The smallest absolute Gasteiger partial charge is 0.0366 e. The van der Waals surface area contributed by atoms with E-state index in [0.717, 1.165) is 5.25 Å². The van der Waals surface area contributed by atoms with Gasteiger partial charge in [-0.05, 0) is 49.9 Å². The lowest BCUT2D eigenvalue weighted by Gasteiger charge is -2.31. The van der Waals surface area contributed by atoms with Crippen LogP contribution in [-0.2, 0) is 0 Å². The second-order valence-electron chi connectivity index (χ2n) is 6.18. The lowest BCUT2D eigenvalue weighted by Crippen LogP contribution is -2.15. The molecule has 0 aromatic heterocycles. The molecule has 1 aliphatic rings. The number of aryl methyl sites for hydroxylation is 2. The SMILES string of the molecule is CCC[C@@H]1C[C@@H](Sc2ccc(C)cc2)c2cccc(C)c2S1. The van der Waals surface area contributed by atoms with Gasteiger partial charge in [-0.25, -0.2) is 0 Å². The van der Waals surface area contributed by atoms with Crippen LogP contribution in [0.5, 0.6) is 0 Å². The summed E-state index contributed by atoms with van der Waals surface area (Å²) in [7, 11) is 0. The number of hydrogen-bond acceptors (Lipinski definition) is 2. The monoisotopic (exact) mass is 328 g/mol. The van der Waals surface area contributed by atoms with Crippen molar-refractivity contribution in [3.8, 4) is 0 Å². The number of fused-ring (bicyclic) bond motifs is 1. The van der Waals surface area contributed by atoms with E-state index < -0.39 is 0 Å². The fourth-order valence-corrected chi connectivity index (χ4v) is 6.11. The Labute approximate surface area is 143 Å². The largest absolute Gasteiger partial charge is 0.122 e. The van der Waals surface area contributed by atoms with Crippen molar-refractivity contribution < 1.29 is 0 Å². The molecule has 0 spiro atoms. The average molecular weight is 329 g/mol. The summed E-state index contributed by atoms with van der Waals surface area (Å²) in [6.45, 7) is 6.71. The van der Waals surface area contributed by atoms with Crippen molar-refractivity contribution >= 4 is 23.5 Å². The van der Waals surface area contributed by atoms with Crippen LogP contribution in [0, 0.1) is 13.8 Å². The molecule has 2 heteroatoms. The minimum atomic E-state index is 0.593. The van der Waals surface area contributed by atoms with E-state index in [1.54, 1.807) is 5.56 Å². The van der Waals surface area contributed by atoms with Gasteiger partial charge in [0, 0.05) is 20.3 Å². The highest BCUT2D eigenvalue weighted by atomic mass is 32.2. The van der Waals surface area contributed by atoms with Gasteiger partial charge < -0.3 is 0 Å². The number of hydrogen-bond donors (Lipinski definition) is 0. The van der Waals surface area contributed by atoms with Crippen molar-refractivity contribution in [3.05, 3.63) is 59.2 Å². The summed E-state index contributed by atoms with van der Waals surface area (Å²) < 4.78 is 0. The zero-order chi connectivity index (χ0) is 15.5. The Kier molecular flexibility index (Phi) is 5.20. The van der Waals surface area contributed by atoms with E-state index in [9.17, 15) is 0 Å².